The van der Waals surface area contributed by atoms with Crippen LogP contribution in [-0.4, -0.2) is 53.5 Å². The van der Waals surface area contributed by atoms with Gasteiger partial charge in [0.15, 0.2) is 5.16 Å². The first-order valence-corrected chi connectivity index (χ1v) is 14.8. The summed E-state index contributed by atoms with van der Waals surface area (Å²) in [5.41, 5.74) is 4.03. The molecule has 0 bridgehead atoms. The van der Waals surface area contributed by atoms with Gasteiger partial charge in [0.2, 0.25) is 0 Å². The van der Waals surface area contributed by atoms with Crippen LogP contribution < -0.4 is 10.2 Å². The lowest BCUT2D eigenvalue weighted by Crippen LogP contribution is -2.46. The smallest absolute Gasteiger partial charge is 0.251 e. The summed E-state index contributed by atoms with van der Waals surface area (Å²) in [6.45, 7) is 5.16. The van der Waals surface area contributed by atoms with Crippen molar-refractivity contribution in [1.82, 2.24) is 20.2 Å². The van der Waals surface area contributed by atoms with Gasteiger partial charge in [0.1, 0.15) is 11.0 Å². The molecule has 204 valence electrons. The number of hydrogen-bond acceptors (Lipinski definition) is 6. The van der Waals surface area contributed by atoms with Crippen molar-refractivity contribution in [2.24, 2.45) is 0 Å². The fourth-order valence-corrected chi connectivity index (χ4v) is 5.49. The van der Waals surface area contributed by atoms with E-state index in [1.54, 1.807) is 11.8 Å². The van der Waals surface area contributed by atoms with E-state index in [9.17, 15) is 4.79 Å². The average Bonchev–Trinajstić information content (AvgIpc) is 3.00. The maximum absolute atomic E-state index is 12.5. The number of hydrogen-bond donors (Lipinski definition) is 1. The van der Waals surface area contributed by atoms with Gasteiger partial charge in [-0.1, -0.05) is 108 Å². The molecule has 1 saturated heterocycles. The first kappa shape index (κ1) is 27.9. The summed E-state index contributed by atoms with van der Waals surface area (Å²) in [4.78, 5) is 26.5. The Morgan fingerprint density at radius 2 is 1.57 bits per heavy atom. The van der Waals surface area contributed by atoms with E-state index in [0.29, 0.717) is 28.2 Å². The van der Waals surface area contributed by atoms with E-state index < -0.39 is 0 Å². The summed E-state index contributed by atoms with van der Waals surface area (Å²) in [5.74, 6) is 1.47. The summed E-state index contributed by atoms with van der Waals surface area (Å²) < 4.78 is 0. The summed E-state index contributed by atoms with van der Waals surface area (Å²) in [5, 5.41) is 4.07. The van der Waals surface area contributed by atoms with Gasteiger partial charge in [0.25, 0.3) is 5.91 Å². The van der Waals surface area contributed by atoms with Gasteiger partial charge in [0, 0.05) is 56.7 Å². The van der Waals surface area contributed by atoms with Gasteiger partial charge in [0.05, 0.1) is 0 Å². The molecule has 3 aromatic carbocycles. The second kappa shape index (κ2) is 14.1. The lowest BCUT2D eigenvalue weighted by atomic mass is 10.1. The molecule has 8 heteroatoms. The second-order valence-electron chi connectivity index (χ2n) is 9.59. The highest BCUT2D eigenvalue weighted by atomic mass is 35.5. The molecule has 40 heavy (non-hydrogen) atoms. The van der Waals surface area contributed by atoms with Gasteiger partial charge >= 0.3 is 0 Å². The number of aromatic nitrogens is 2. The Hall–Kier alpha value is -3.65. The standard InChI is InChI=1S/C32H32ClN5OS/c33-29-22-30(38-20-18-37(19-21-38)17-7-12-25-8-3-1-4-9-25)36-32(35-29)40-24-27-13-15-28(16-14-27)31(39)34-23-26-10-5-2-6-11-26/h1-16,22H,17-21,23-24H2,(H,34,39). The Bertz CT molecular complexity index is 1410. The number of rotatable bonds is 10. The zero-order valence-electron chi connectivity index (χ0n) is 22.2. The molecule has 0 unspecified atom stereocenters. The quantitative estimate of drug-likeness (QED) is 0.140. The van der Waals surface area contributed by atoms with Crippen LogP contribution in [-0.2, 0) is 12.3 Å². The predicted molar refractivity (Wildman–Crippen MR) is 165 cm³/mol. The zero-order valence-corrected chi connectivity index (χ0v) is 23.8. The molecule has 0 radical (unpaired) electrons. The van der Waals surface area contributed by atoms with Crippen molar-refractivity contribution in [2.45, 2.75) is 17.5 Å². The summed E-state index contributed by atoms with van der Waals surface area (Å²) in [6, 6.07) is 29.8. The molecule has 2 heterocycles. The molecule has 1 amide bonds. The fraction of sp³-hybridized carbons (Fsp3) is 0.219. The van der Waals surface area contributed by atoms with Crippen LogP contribution in [0.15, 0.2) is 102 Å². The van der Waals surface area contributed by atoms with Crippen LogP contribution >= 0.6 is 23.4 Å². The molecule has 0 saturated carbocycles. The molecule has 1 aliphatic rings. The normalized spacial score (nSPS) is 14.0. The van der Waals surface area contributed by atoms with Crippen molar-refractivity contribution in [3.05, 3.63) is 124 Å². The molecular weight excluding hydrogens is 538 g/mol. The van der Waals surface area contributed by atoms with Gasteiger partial charge in [-0.15, -0.1) is 0 Å². The van der Waals surface area contributed by atoms with Crippen molar-refractivity contribution in [2.75, 3.05) is 37.6 Å². The van der Waals surface area contributed by atoms with Gasteiger partial charge in [-0.25, -0.2) is 9.97 Å². The Labute approximate surface area is 245 Å². The highest BCUT2D eigenvalue weighted by Gasteiger charge is 2.19. The van der Waals surface area contributed by atoms with Crippen molar-refractivity contribution in [1.29, 1.82) is 0 Å². The van der Waals surface area contributed by atoms with E-state index >= 15 is 0 Å². The highest BCUT2D eigenvalue weighted by molar-refractivity contribution is 7.98. The van der Waals surface area contributed by atoms with E-state index in [1.807, 2.05) is 66.7 Å². The number of anilines is 1. The minimum Gasteiger partial charge on any atom is -0.354 e. The van der Waals surface area contributed by atoms with E-state index in [2.05, 4.69) is 56.5 Å². The zero-order chi connectivity index (χ0) is 27.6. The minimum atomic E-state index is -0.0850. The predicted octanol–water partition coefficient (Wildman–Crippen LogP) is 6.19. The second-order valence-corrected chi connectivity index (χ2v) is 10.9. The van der Waals surface area contributed by atoms with Gasteiger partial charge in [-0.3, -0.25) is 9.69 Å². The summed E-state index contributed by atoms with van der Waals surface area (Å²) in [7, 11) is 0. The number of thioether (sulfide) groups is 1. The maximum atomic E-state index is 12.5. The molecule has 5 rings (SSSR count). The molecule has 0 atom stereocenters. The van der Waals surface area contributed by atoms with Crippen LogP contribution in [0.4, 0.5) is 5.82 Å². The van der Waals surface area contributed by atoms with Crippen LogP contribution in [0, 0.1) is 0 Å². The number of nitrogens with one attached hydrogen (secondary N) is 1. The number of piperazine rings is 1. The van der Waals surface area contributed by atoms with E-state index in [1.165, 1.54) is 5.56 Å². The first-order chi connectivity index (χ1) is 19.6. The molecule has 0 spiro atoms. The van der Waals surface area contributed by atoms with Gasteiger partial charge in [-0.2, -0.15) is 0 Å². The molecule has 1 aromatic heterocycles. The fourth-order valence-electron chi connectivity index (χ4n) is 4.45. The topological polar surface area (TPSA) is 61.4 Å². The molecule has 1 fully saturated rings. The Kier molecular flexibility index (Phi) is 9.85. The molecule has 4 aromatic rings. The number of carbonyl (C=O) groups is 1. The Morgan fingerprint density at radius 1 is 0.875 bits per heavy atom. The average molecular weight is 570 g/mol. The van der Waals surface area contributed by atoms with Crippen molar-refractivity contribution in [3.63, 3.8) is 0 Å². The Balaban J connectivity index is 1.10. The van der Waals surface area contributed by atoms with Gasteiger partial charge < -0.3 is 10.2 Å². The molecule has 1 aliphatic heterocycles. The van der Waals surface area contributed by atoms with E-state index in [0.717, 1.165) is 49.7 Å². The van der Waals surface area contributed by atoms with E-state index in [4.69, 9.17) is 16.6 Å². The lowest BCUT2D eigenvalue weighted by Gasteiger charge is -2.35. The highest BCUT2D eigenvalue weighted by Crippen LogP contribution is 2.25. The first-order valence-electron chi connectivity index (χ1n) is 13.4. The van der Waals surface area contributed by atoms with Crippen LogP contribution in [0.1, 0.15) is 27.0 Å². The van der Waals surface area contributed by atoms with E-state index in [-0.39, 0.29) is 5.91 Å². The summed E-state index contributed by atoms with van der Waals surface area (Å²) in [6.07, 6.45) is 4.40. The molecular formula is C32H32ClN5OS. The lowest BCUT2D eigenvalue weighted by molar-refractivity contribution is 0.0951. The summed E-state index contributed by atoms with van der Waals surface area (Å²) >= 11 is 7.92. The van der Waals surface area contributed by atoms with Crippen molar-refractivity contribution >= 4 is 41.2 Å². The number of halogens is 1. The molecule has 1 N–H and O–H groups in total. The van der Waals surface area contributed by atoms with Crippen molar-refractivity contribution in [3.8, 4) is 0 Å². The Morgan fingerprint density at radius 3 is 2.30 bits per heavy atom. The van der Waals surface area contributed by atoms with Crippen LogP contribution in [0.3, 0.4) is 0 Å². The number of carbonyl (C=O) groups excluding carboxylic acids is 1. The van der Waals surface area contributed by atoms with Crippen LogP contribution in [0.5, 0.6) is 0 Å². The number of nitrogens with zero attached hydrogens (tertiary/aromatic N) is 4. The van der Waals surface area contributed by atoms with Crippen molar-refractivity contribution < 1.29 is 4.79 Å². The number of amides is 1. The third-order valence-corrected chi connectivity index (χ3v) is 7.82. The van der Waals surface area contributed by atoms with Crippen LogP contribution in [0.25, 0.3) is 6.08 Å². The SMILES string of the molecule is O=C(NCc1ccccc1)c1ccc(CSc2nc(Cl)cc(N3CCN(CC=Cc4ccccc4)CC3)n2)cc1. The monoisotopic (exact) mass is 569 g/mol. The van der Waals surface area contributed by atoms with Gasteiger partial charge in [-0.05, 0) is 28.8 Å². The molecule has 0 aliphatic carbocycles. The third-order valence-electron chi connectivity index (χ3n) is 6.71. The third kappa shape index (κ3) is 8.18. The maximum Gasteiger partial charge on any atom is 0.251 e. The largest absolute Gasteiger partial charge is 0.354 e. The minimum absolute atomic E-state index is 0.0850. The number of benzene rings is 3. The molecule has 6 nitrogen and oxygen atoms in total. The van der Waals surface area contributed by atoms with Crippen LogP contribution in [0.2, 0.25) is 5.15 Å².